The van der Waals surface area contributed by atoms with E-state index in [0.29, 0.717) is 11.5 Å². The third kappa shape index (κ3) is 4.94. The number of ketones is 1. The van der Waals surface area contributed by atoms with Gasteiger partial charge >= 0.3 is 5.97 Å². The Bertz CT molecular complexity index is 863. The van der Waals surface area contributed by atoms with Gasteiger partial charge in [-0.25, -0.2) is 4.79 Å². The highest BCUT2D eigenvalue weighted by atomic mass is 16.4. The lowest BCUT2D eigenvalue weighted by Gasteiger charge is -2.46. The molecule has 4 nitrogen and oxygen atoms in total. The van der Waals surface area contributed by atoms with Crippen LogP contribution in [0.25, 0.3) is 0 Å². The summed E-state index contributed by atoms with van der Waals surface area (Å²) < 4.78 is 0. The standard InChI is InChI=1S/C25H31NO3/c1-18-16-26(17-22(19(2)27)14-20-8-5-4-6-9-20)13-12-25(18,3)23-11-7-10-21(15-23)24(28)29/h4-11,15,18,22H,12-14,16-17H2,1-3H3,(H,28,29). The Labute approximate surface area is 173 Å². The van der Waals surface area contributed by atoms with Gasteiger partial charge in [-0.1, -0.05) is 56.3 Å². The summed E-state index contributed by atoms with van der Waals surface area (Å²) in [6, 6.07) is 17.6. The van der Waals surface area contributed by atoms with Crippen LogP contribution in [0.2, 0.25) is 0 Å². The largest absolute Gasteiger partial charge is 0.478 e. The minimum atomic E-state index is -0.884. The SMILES string of the molecule is CC(=O)C(Cc1ccccc1)CN1CCC(C)(c2cccc(C(=O)O)c2)C(C)C1. The highest BCUT2D eigenvalue weighted by Crippen LogP contribution is 2.39. The molecule has 154 valence electrons. The third-order valence-corrected chi connectivity index (χ3v) is 6.71. The first-order valence-corrected chi connectivity index (χ1v) is 10.4. The molecule has 3 rings (SSSR count). The van der Waals surface area contributed by atoms with Gasteiger partial charge in [-0.2, -0.15) is 0 Å². The molecular weight excluding hydrogens is 362 g/mol. The molecule has 1 N–H and O–H groups in total. The second kappa shape index (κ2) is 8.91. The van der Waals surface area contributed by atoms with E-state index in [-0.39, 0.29) is 17.1 Å². The van der Waals surface area contributed by atoms with Crippen LogP contribution in [0.15, 0.2) is 54.6 Å². The summed E-state index contributed by atoms with van der Waals surface area (Å²) in [5.74, 6) is -0.274. The van der Waals surface area contributed by atoms with E-state index in [9.17, 15) is 14.7 Å². The van der Waals surface area contributed by atoms with Crippen molar-refractivity contribution in [1.29, 1.82) is 0 Å². The molecule has 0 radical (unpaired) electrons. The summed E-state index contributed by atoms with van der Waals surface area (Å²) in [6.45, 7) is 8.77. The van der Waals surface area contributed by atoms with Gasteiger partial charge in [0.1, 0.15) is 5.78 Å². The van der Waals surface area contributed by atoms with Gasteiger partial charge < -0.3 is 10.0 Å². The molecule has 2 aromatic carbocycles. The maximum atomic E-state index is 12.3. The number of carbonyl (C=O) groups is 2. The molecule has 0 bridgehead atoms. The maximum absolute atomic E-state index is 12.3. The fraction of sp³-hybridized carbons (Fsp3) is 0.440. The number of hydrogen-bond donors (Lipinski definition) is 1. The molecule has 3 atom stereocenters. The number of hydrogen-bond acceptors (Lipinski definition) is 3. The van der Waals surface area contributed by atoms with Gasteiger partial charge in [-0.05, 0) is 60.9 Å². The number of carboxylic acids is 1. The van der Waals surface area contributed by atoms with Gasteiger partial charge in [0.05, 0.1) is 5.56 Å². The fourth-order valence-corrected chi connectivity index (χ4v) is 4.47. The van der Waals surface area contributed by atoms with Crippen molar-refractivity contribution in [3.05, 3.63) is 71.3 Å². The van der Waals surface area contributed by atoms with Crippen molar-refractivity contribution >= 4 is 11.8 Å². The van der Waals surface area contributed by atoms with Crippen LogP contribution < -0.4 is 0 Å². The Kier molecular flexibility index (Phi) is 6.53. The summed E-state index contributed by atoms with van der Waals surface area (Å²) >= 11 is 0. The van der Waals surface area contributed by atoms with Crippen molar-refractivity contribution in [2.75, 3.05) is 19.6 Å². The molecule has 0 aliphatic carbocycles. The first kappa shape index (κ1) is 21.3. The molecular formula is C25H31NO3. The van der Waals surface area contributed by atoms with Crippen LogP contribution in [0.3, 0.4) is 0 Å². The van der Waals surface area contributed by atoms with Crippen molar-refractivity contribution in [3.63, 3.8) is 0 Å². The zero-order valence-corrected chi connectivity index (χ0v) is 17.6. The molecule has 1 saturated heterocycles. The van der Waals surface area contributed by atoms with E-state index in [4.69, 9.17) is 0 Å². The lowest BCUT2D eigenvalue weighted by Crippen LogP contribution is -2.49. The zero-order valence-electron chi connectivity index (χ0n) is 17.6. The quantitative estimate of drug-likeness (QED) is 0.756. The van der Waals surface area contributed by atoms with Gasteiger partial charge in [0.25, 0.3) is 0 Å². The van der Waals surface area contributed by atoms with Crippen LogP contribution in [0.5, 0.6) is 0 Å². The number of aromatic carboxylic acids is 1. The topological polar surface area (TPSA) is 57.6 Å². The third-order valence-electron chi connectivity index (χ3n) is 6.71. The lowest BCUT2D eigenvalue weighted by atomic mass is 9.67. The number of carbonyl (C=O) groups excluding carboxylic acids is 1. The average Bonchev–Trinajstić information content (AvgIpc) is 2.71. The van der Waals surface area contributed by atoms with Crippen molar-refractivity contribution in [2.45, 2.75) is 39.0 Å². The highest BCUT2D eigenvalue weighted by Gasteiger charge is 2.38. The molecule has 0 spiro atoms. The number of benzene rings is 2. The van der Waals surface area contributed by atoms with Gasteiger partial charge in [-0.3, -0.25) is 4.79 Å². The van der Waals surface area contributed by atoms with Gasteiger partial charge in [0.2, 0.25) is 0 Å². The molecule has 1 aliphatic heterocycles. The number of piperidine rings is 1. The molecule has 1 aliphatic rings. The first-order chi connectivity index (χ1) is 13.8. The van der Waals surface area contributed by atoms with Crippen LogP contribution in [-0.2, 0) is 16.6 Å². The van der Waals surface area contributed by atoms with Crippen molar-refractivity contribution < 1.29 is 14.7 Å². The fourth-order valence-electron chi connectivity index (χ4n) is 4.47. The predicted molar refractivity (Wildman–Crippen MR) is 115 cm³/mol. The number of Topliss-reactive ketones (excluding diaryl/α,β-unsaturated/α-hetero) is 1. The number of nitrogens with zero attached hydrogens (tertiary/aromatic N) is 1. The first-order valence-electron chi connectivity index (χ1n) is 10.4. The molecule has 1 heterocycles. The Morgan fingerprint density at radius 2 is 1.90 bits per heavy atom. The smallest absolute Gasteiger partial charge is 0.335 e. The molecule has 0 saturated carbocycles. The number of carboxylic acid groups (broad SMARTS) is 1. The molecule has 0 aromatic heterocycles. The molecule has 0 amide bonds. The monoisotopic (exact) mass is 393 g/mol. The molecule has 29 heavy (non-hydrogen) atoms. The van der Waals surface area contributed by atoms with E-state index < -0.39 is 5.97 Å². The van der Waals surface area contributed by atoms with E-state index in [2.05, 4.69) is 30.9 Å². The zero-order chi connectivity index (χ0) is 21.0. The molecule has 4 heteroatoms. The van der Waals surface area contributed by atoms with Gasteiger partial charge in [0.15, 0.2) is 0 Å². The van der Waals surface area contributed by atoms with Crippen LogP contribution in [-0.4, -0.2) is 41.4 Å². The Hall–Kier alpha value is -2.46. The van der Waals surface area contributed by atoms with E-state index in [1.54, 1.807) is 13.0 Å². The van der Waals surface area contributed by atoms with Crippen LogP contribution in [0.4, 0.5) is 0 Å². The van der Waals surface area contributed by atoms with Crippen molar-refractivity contribution in [3.8, 4) is 0 Å². The van der Waals surface area contributed by atoms with E-state index in [1.807, 2.05) is 36.4 Å². The number of rotatable bonds is 7. The Morgan fingerprint density at radius 1 is 1.17 bits per heavy atom. The summed E-state index contributed by atoms with van der Waals surface area (Å²) in [7, 11) is 0. The van der Waals surface area contributed by atoms with Crippen LogP contribution >= 0.6 is 0 Å². The Morgan fingerprint density at radius 3 is 2.52 bits per heavy atom. The van der Waals surface area contributed by atoms with E-state index in [0.717, 1.165) is 38.0 Å². The van der Waals surface area contributed by atoms with E-state index >= 15 is 0 Å². The second-order valence-electron chi connectivity index (χ2n) is 8.71. The van der Waals surface area contributed by atoms with Gasteiger partial charge in [0, 0.05) is 19.0 Å². The van der Waals surface area contributed by atoms with Crippen molar-refractivity contribution in [2.24, 2.45) is 11.8 Å². The molecule has 2 aromatic rings. The highest BCUT2D eigenvalue weighted by molar-refractivity contribution is 5.87. The van der Waals surface area contributed by atoms with E-state index in [1.165, 1.54) is 5.56 Å². The Balaban J connectivity index is 1.69. The van der Waals surface area contributed by atoms with Crippen LogP contribution in [0.1, 0.15) is 48.7 Å². The van der Waals surface area contributed by atoms with Gasteiger partial charge in [-0.15, -0.1) is 0 Å². The molecule has 1 fully saturated rings. The summed E-state index contributed by atoms with van der Waals surface area (Å²) in [6.07, 6.45) is 1.73. The summed E-state index contributed by atoms with van der Waals surface area (Å²) in [5.41, 5.74) is 2.58. The molecule has 3 unspecified atom stereocenters. The second-order valence-corrected chi connectivity index (χ2v) is 8.71. The summed E-state index contributed by atoms with van der Waals surface area (Å²) in [4.78, 5) is 26.0. The normalized spacial score (nSPS) is 23.5. The number of likely N-dealkylation sites (tertiary alicyclic amines) is 1. The predicted octanol–water partition coefficient (Wildman–Crippen LogP) is 4.43. The van der Waals surface area contributed by atoms with Crippen molar-refractivity contribution in [1.82, 2.24) is 4.90 Å². The average molecular weight is 394 g/mol. The maximum Gasteiger partial charge on any atom is 0.335 e. The minimum Gasteiger partial charge on any atom is -0.478 e. The summed E-state index contributed by atoms with van der Waals surface area (Å²) in [5, 5.41) is 9.33. The lowest BCUT2D eigenvalue weighted by molar-refractivity contribution is -0.121. The van der Waals surface area contributed by atoms with Crippen LogP contribution in [0, 0.1) is 11.8 Å². The minimum absolute atomic E-state index is 0.00398.